The van der Waals surface area contributed by atoms with Gasteiger partial charge in [-0.3, -0.25) is 0 Å². The summed E-state index contributed by atoms with van der Waals surface area (Å²) in [6, 6.07) is 2.04. The fourth-order valence-electron chi connectivity index (χ4n) is 5.30. The van der Waals surface area contributed by atoms with Gasteiger partial charge in [-0.15, -0.1) is 0 Å². The number of sulfonamides is 1. The minimum absolute atomic E-state index is 0.241. The maximum absolute atomic E-state index is 12.9. The zero-order valence-electron chi connectivity index (χ0n) is 17.4. The van der Waals surface area contributed by atoms with E-state index in [0.29, 0.717) is 30.7 Å². The highest BCUT2D eigenvalue weighted by molar-refractivity contribution is 7.89. The number of pyridine rings is 1. The van der Waals surface area contributed by atoms with Gasteiger partial charge >= 0.3 is 0 Å². The second kappa shape index (κ2) is 7.89. The lowest BCUT2D eigenvalue weighted by Crippen LogP contribution is -2.41. The molecule has 0 spiro atoms. The molecule has 5 rings (SSSR count). The van der Waals surface area contributed by atoms with Gasteiger partial charge in [0.2, 0.25) is 10.0 Å². The van der Waals surface area contributed by atoms with Crippen molar-refractivity contribution in [3.8, 4) is 0 Å². The van der Waals surface area contributed by atoms with E-state index in [-0.39, 0.29) is 5.92 Å². The molecule has 0 aromatic carbocycles. The number of fused-ring (bicyclic) bond motifs is 3. The third-order valence-corrected chi connectivity index (χ3v) is 8.92. The average Bonchev–Trinajstić information content (AvgIpc) is 3.23. The van der Waals surface area contributed by atoms with Crippen molar-refractivity contribution < 1.29 is 8.42 Å². The summed E-state index contributed by atoms with van der Waals surface area (Å²) in [5.41, 5.74) is 2.81. The SMILES string of the molecule is CC1CCCN(S(=O)(=O)CC2CCC(c3ncnc4cnc5[nH]ccc5c34)CC2)C1. The highest BCUT2D eigenvalue weighted by atomic mass is 32.2. The van der Waals surface area contributed by atoms with Gasteiger partial charge in [-0.25, -0.2) is 27.7 Å². The molecule has 1 saturated carbocycles. The summed E-state index contributed by atoms with van der Waals surface area (Å²) in [5, 5.41) is 2.15. The number of aromatic amines is 1. The molecule has 1 aliphatic heterocycles. The van der Waals surface area contributed by atoms with E-state index in [0.717, 1.165) is 66.2 Å². The third kappa shape index (κ3) is 3.71. The Morgan fingerprint density at radius 2 is 1.97 bits per heavy atom. The first kappa shape index (κ1) is 19.9. The van der Waals surface area contributed by atoms with Gasteiger partial charge in [0.25, 0.3) is 0 Å². The van der Waals surface area contributed by atoms with Gasteiger partial charge in [-0.2, -0.15) is 0 Å². The van der Waals surface area contributed by atoms with Gasteiger partial charge in [0, 0.05) is 36.0 Å². The molecule has 160 valence electrons. The number of hydrogen-bond acceptors (Lipinski definition) is 5. The second-order valence-electron chi connectivity index (χ2n) is 9.12. The minimum atomic E-state index is -3.16. The van der Waals surface area contributed by atoms with Crippen LogP contribution in [-0.4, -0.2) is 51.5 Å². The van der Waals surface area contributed by atoms with Crippen LogP contribution in [0, 0.1) is 11.8 Å². The molecule has 3 aromatic heterocycles. The number of H-pyrrole nitrogens is 1. The molecule has 0 amide bonds. The van der Waals surface area contributed by atoms with E-state index in [1.54, 1.807) is 16.8 Å². The maximum Gasteiger partial charge on any atom is 0.214 e. The molecule has 1 unspecified atom stereocenters. The molecule has 8 heteroatoms. The molecule has 4 heterocycles. The van der Waals surface area contributed by atoms with E-state index >= 15 is 0 Å². The Morgan fingerprint density at radius 3 is 2.77 bits per heavy atom. The summed E-state index contributed by atoms with van der Waals surface area (Å²) in [6.45, 7) is 3.52. The van der Waals surface area contributed by atoms with Crippen LogP contribution < -0.4 is 0 Å². The topological polar surface area (TPSA) is 91.8 Å². The second-order valence-corrected chi connectivity index (χ2v) is 11.1. The molecule has 7 nitrogen and oxygen atoms in total. The van der Waals surface area contributed by atoms with E-state index in [1.165, 1.54) is 0 Å². The van der Waals surface area contributed by atoms with Crippen LogP contribution in [0.4, 0.5) is 0 Å². The first-order chi connectivity index (χ1) is 14.5. The summed E-state index contributed by atoms with van der Waals surface area (Å²) in [6.07, 6.45) is 11.2. The van der Waals surface area contributed by atoms with Crippen molar-refractivity contribution in [2.75, 3.05) is 18.8 Å². The predicted molar refractivity (Wildman–Crippen MR) is 118 cm³/mol. The summed E-state index contributed by atoms with van der Waals surface area (Å²) in [7, 11) is -3.16. The van der Waals surface area contributed by atoms with Crippen molar-refractivity contribution in [2.24, 2.45) is 11.8 Å². The molecule has 2 fully saturated rings. The predicted octanol–water partition coefficient (Wildman–Crippen LogP) is 3.84. The number of hydrogen-bond donors (Lipinski definition) is 1. The van der Waals surface area contributed by atoms with Crippen molar-refractivity contribution >= 4 is 32.0 Å². The van der Waals surface area contributed by atoms with Crippen LogP contribution in [0.1, 0.15) is 57.1 Å². The molecule has 1 atom stereocenters. The van der Waals surface area contributed by atoms with E-state index in [2.05, 4.69) is 26.9 Å². The maximum atomic E-state index is 12.9. The molecule has 1 N–H and O–H groups in total. The summed E-state index contributed by atoms with van der Waals surface area (Å²) in [5.74, 6) is 1.34. The molecular weight excluding hydrogens is 398 g/mol. The van der Waals surface area contributed by atoms with Crippen LogP contribution in [0.25, 0.3) is 21.9 Å². The van der Waals surface area contributed by atoms with Crippen LogP contribution in [0.5, 0.6) is 0 Å². The number of nitrogens with zero attached hydrogens (tertiary/aromatic N) is 4. The molecule has 2 aliphatic rings. The Balaban J connectivity index is 1.31. The lowest BCUT2D eigenvalue weighted by atomic mass is 9.80. The van der Waals surface area contributed by atoms with Gasteiger partial charge in [-0.1, -0.05) is 6.92 Å². The van der Waals surface area contributed by atoms with Crippen molar-refractivity contribution in [2.45, 2.75) is 51.4 Å². The van der Waals surface area contributed by atoms with Gasteiger partial charge in [0.05, 0.1) is 23.2 Å². The van der Waals surface area contributed by atoms with Crippen molar-refractivity contribution in [3.05, 3.63) is 30.5 Å². The van der Waals surface area contributed by atoms with Crippen LogP contribution in [0.2, 0.25) is 0 Å². The van der Waals surface area contributed by atoms with Gasteiger partial charge in [0.1, 0.15) is 12.0 Å². The Hall–Kier alpha value is -2.06. The normalized spacial score (nSPS) is 26.4. The lowest BCUT2D eigenvalue weighted by molar-refractivity contribution is 0.275. The fraction of sp³-hybridized carbons (Fsp3) is 0.591. The zero-order valence-corrected chi connectivity index (χ0v) is 18.2. The van der Waals surface area contributed by atoms with E-state index in [4.69, 9.17) is 0 Å². The van der Waals surface area contributed by atoms with Gasteiger partial charge in [0.15, 0.2) is 0 Å². The number of aromatic nitrogens is 4. The molecule has 1 aliphatic carbocycles. The molecule has 0 radical (unpaired) electrons. The Morgan fingerprint density at radius 1 is 1.13 bits per heavy atom. The van der Waals surface area contributed by atoms with E-state index < -0.39 is 10.0 Å². The number of piperidine rings is 1. The first-order valence-corrected chi connectivity index (χ1v) is 12.7. The molecule has 30 heavy (non-hydrogen) atoms. The summed E-state index contributed by atoms with van der Waals surface area (Å²) >= 11 is 0. The van der Waals surface area contributed by atoms with Crippen molar-refractivity contribution in [3.63, 3.8) is 0 Å². The monoisotopic (exact) mass is 427 g/mol. The number of rotatable bonds is 4. The zero-order chi connectivity index (χ0) is 20.7. The van der Waals surface area contributed by atoms with Crippen LogP contribution >= 0.6 is 0 Å². The van der Waals surface area contributed by atoms with E-state index in [9.17, 15) is 8.42 Å². The third-order valence-electron chi connectivity index (χ3n) is 6.91. The highest BCUT2D eigenvalue weighted by Crippen LogP contribution is 2.39. The van der Waals surface area contributed by atoms with Gasteiger partial charge < -0.3 is 4.98 Å². The van der Waals surface area contributed by atoms with Crippen LogP contribution in [-0.2, 0) is 10.0 Å². The van der Waals surface area contributed by atoms with E-state index in [1.807, 2.05) is 12.3 Å². The molecule has 0 bridgehead atoms. The first-order valence-electron chi connectivity index (χ1n) is 11.1. The van der Waals surface area contributed by atoms with Gasteiger partial charge in [-0.05, 0) is 56.4 Å². The number of nitrogens with one attached hydrogen (secondary N) is 1. The molecular formula is C22H29N5O2S. The van der Waals surface area contributed by atoms with Crippen LogP contribution in [0.15, 0.2) is 24.8 Å². The quantitative estimate of drug-likeness (QED) is 0.683. The largest absolute Gasteiger partial charge is 0.346 e. The van der Waals surface area contributed by atoms with Crippen molar-refractivity contribution in [1.29, 1.82) is 0 Å². The highest BCUT2D eigenvalue weighted by Gasteiger charge is 2.32. The summed E-state index contributed by atoms with van der Waals surface area (Å²) in [4.78, 5) is 16.7. The average molecular weight is 428 g/mol. The lowest BCUT2D eigenvalue weighted by Gasteiger charge is -2.33. The Bertz CT molecular complexity index is 1150. The summed E-state index contributed by atoms with van der Waals surface area (Å²) < 4.78 is 27.6. The van der Waals surface area contributed by atoms with Crippen LogP contribution in [0.3, 0.4) is 0 Å². The standard InChI is InChI=1S/C22H29N5O2S/c1-15-3-2-10-27(12-15)30(28,29)13-16-4-6-17(7-5-16)21-20-18-8-9-23-22(18)24-11-19(20)25-14-26-21/h8-9,11,14-17H,2-7,10,12-13H2,1H3,(H,23,24). The Kier molecular flexibility index (Phi) is 5.23. The molecule has 1 saturated heterocycles. The fourth-order valence-corrected chi connectivity index (χ4v) is 7.33. The smallest absolute Gasteiger partial charge is 0.214 e. The van der Waals surface area contributed by atoms with Crippen molar-refractivity contribution in [1.82, 2.24) is 24.2 Å². The Labute approximate surface area is 177 Å². The minimum Gasteiger partial charge on any atom is -0.346 e. The molecule has 3 aromatic rings.